The topological polar surface area (TPSA) is 40.4 Å². The molecule has 1 aromatic heterocycles. The Morgan fingerprint density at radius 1 is 1.41 bits per heavy atom. The maximum atomic E-state index is 10.0. The molecule has 4 heteroatoms. The number of hydrogen-bond acceptors (Lipinski definition) is 3. The normalized spacial score (nSPS) is 19.4. The highest BCUT2D eigenvalue weighted by molar-refractivity contribution is 5.12. The lowest BCUT2D eigenvalue weighted by molar-refractivity contribution is 0.152. The first-order valence-electron chi connectivity index (χ1n) is 6.49. The van der Waals surface area contributed by atoms with Crippen molar-refractivity contribution in [3.05, 3.63) is 24.0 Å². The number of aryl methyl sites for hydroxylation is 1. The highest BCUT2D eigenvalue weighted by atomic mass is 16.3. The monoisotopic (exact) mass is 237 g/mol. The lowest BCUT2D eigenvalue weighted by Gasteiger charge is -2.27. The van der Waals surface area contributed by atoms with E-state index in [1.807, 2.05) is 30.1 Å². The number of piperazine rings is 1. The summed E-state index contributed by atoms with van der Waals surface area (Å²) in [7, 11) is 1.98. The molecule has 2 N–H and O–H groups in total. The SMILES string of the molecule is Cn1ccc(C(O)CCCN2CCNCC2)c1. The summed E-state index contributed by atoms with van der Waals surface area (Å²) in [5.41, 5.74) is 1.04. The number of nitrogens with one attached hydrogen (secondary N) is 1. The molecule has 0 aromatic carbocycles. The zero-order valence-corrected chi connectivity index (χ0v) is 10.6. The Morgan fingerprint density at radius 3 is 2.82 bits per heavy atom. The van der Waals surface area contributed by atoms with Crippen LogP contribution in [0.5, 0.6) is 0 Å². The van der Waals surface area contributed by atoms with Crippen LogP contribution in [0.25, 0.3) is 0 Å². The molecule has 96 valence electrons. The Bertz CT molecular complexity index is 331. The fourth-order valence-corrected chi connectivity index (χ4v) is 2.33. The molecule has 2 rings (SSSR count). The predicted molar refractivity (Wildman–Crippen MR) is 68.9 cm³/mol. The summed E-state index contributed by atoms with van der Waals surface area (Å²) in [5, 5.41) is 13.4. The molecule has 0 radical (unpaired) electrons. The van der Waals surface area contributed by atoms with E-state index in [2.05, 4.69) is 10.2 Å². The van der Waals surface area contributed by atoms with Crippen LogP contribution in [-0.4, -0.2) is 47.3 Å². The van der Waals surface area contributed by atoms with Crippen molar-refractivity contribution in [3.8, 4) is 0 Å². The van der Waals surface area contributed by atoms with Crippen LogP contribution in [0, 0.1) is 0 Å². The van der Waals surface area contributed by atoms with Gasteiger partial charge in [-0.3, -0.25) is 0 Å². The molecule has 1 aromatic rings. The summed E-state index contributed by atoms with van der Waals surface area (Å²) in [4.78, 5) is 2.47. The number of rotatable bonds is 5. The van der Waals surface area contributed by atoms with Gasteiger partial charge in [0.25, 0.3) is 0 Å². The molecule has 0 amide bonds. The lowest BCUT2D eigenvalue weighted by Crippen LogP contribution is -2.43. The van der Waals surface area contributed by atoms with E-state index in [0.29, 0.717) is 0 Å². The number of aromatic nitrogens is 1. The summed E-state index contributed by atoms with van der Waals surface area (Å²) < 4.78 is 1.98. The third-order valence-electron chi connectivity index (χ3n) is 3.40. The van der Waals surface area contributed by atoms with Gasteiger partial charge in [-0.25, -0.2) is 0 Å². The fraction of sp³-hybridized carbons (Fsp3) is 0.692. The highest BCUT2D eigenvalue weighted by Crippen LogP contribution is 2.18. The summed E-state index contributed by atoms with van der Waals surface area (Å²) >= 11 is 0. The minimum absolute atomic E-state index is 0.306. The summed E-state index contributed by atoms with van der Waals surface area (Å²) in [5.74, 6) is 0. The highest BCUT2D eigenvalue weighted by Gasteiger charge is 2.11. The van der Waals surface area contributed by atoms with E-state index < -0.39 is 0 Å². The van der Waals surface area contributed by atoms with Crippen LogP contribution < -0.4 is 5.32 Å². The first-order chi connectivity index (χ1) is 8.25. The van der Waals surface area contributed by atoms with E-state index in [1.54, 1.807) is 0 Å². The van der Waals surface area contributed by atoms with Gasteiger partial charge in [0.05, 0.1) is 6.10 Å². The second-order valence-electron chi connectivity index (χ2n) is 4.86. The third kappa shape index (κ3) is 3.84. The van der Waals surface area contributed by atoms with Crippen molar-refractivity contribution in [1.29, 1.82) is 0 Å². The summed E-state index contributed by atoms with van der Waals surface area (Å²) in [6.07, 6.45) is 5.59. The van der Waals surface area contributed by atoms with Crippen molar-refractivity contribution in [1.82, 2.24) is 14.8 Å². The van der Waals surface area contributed by atoms with Crippen molar-refractivity contribution in [2.24, 2.45) is 7.05 Å². The zero-order chi connectivity index (χ0) is 12.1. The van der Waals surface area contributed by atoms with E-state index >= 15 is 0 Å². The maximum absolute atomic E-state index is 10.0. The molecule has 1 atom stereocenters. The standard InChI is InChI=1S/C13H23N3O/c1-15-8-4-12(11-15)13(17)3-2-7-16-9-5-14-6-10-16/h4,8,11,13-14,17H,2-3,5-7,9-10H2,1H3. The largest absolute Gasteiger partial charge is 0.388 e. The second-order valence-corrected chi connectivity index (χ2v) is 4.86. The average Bonchev–Trinajstić information content (AvgIpc) is 2.77. The first kappa shape index (κ1) is 12.6. The fourth-order valence-electron chi connectivity index (χ4n) is 2.33. The van der Waals surface area contributed by atoms with Crippen molar-refractivity contribution in [2.75, 3.05) is 32.7 Å². The van der Waals surface area contributed by atoms with Crippen LogP contribution in [0.2, 0.25) is 0 Å². The molecule has 0 saturated carbocycles. The number of aliphatic hydroxyl groups is 1. The molecule has 1 unspecified atom stereocenters. The molecule has 17 heavy (non-hydrogen) atoms. The molecule has 4 nitrogen and oxygen atoms in total. The van der Waals surface area contributed by atoms with E-state index in [0.717, 1.165) is 51.1 Å². The van der Waals surface area contributed by atoms with Crippen LogP contribution in [0.3, 0.4) is 0 Å². The first-order valence-corrected chi connectivity index (χ1v) is 6.49. The van der Waals surface area contributed by atoms with Gasteiger partial charge in [0.15, 0.2) is 0 Å². The van der Waals surface area contributed by atoms with Crippen LogP contribution in [0.4, 0.5) is 0 Å². The van der Waals surface area contributed by atoms with Crippen LogP contribution in [0.1, 0.15) is 24.5 Å². The Morgan fingerprint density at radius 2 is 2.18 bits per heavy atom. The molecular formula is C13H23N3O. The van der Waals surface area contributed by atoms with Crippen molar-refractivity contribution in [2.45, 2.75) is 18.9 Å². The van der Waals surface area contributed by atoms with Crippen molar-refractivity contribution in [3.63, 3.8) is 0 Å². The van der Waals surface area contributed by atoms with Crippen LogP contribution in [0.15, 0.2) is 18.5 Å². The lowest BCUT2D eigenvalue weighted by atomic mass is 10.1. The van der Waals surface area contributed by atoms with Gasteiger partial charge in [0.1, 0.15) is 0 Å². The van der Waals surface area contributed by atoms with Crippen LogP contribution >= 0.6 is 0 Å². The minimum atomic E-state index is -0.306. The average molecular weight is 237 g/mol. The Hall–Kier alpha value is -0.840. The molecule has 2 heterocycles. The maximum Gasteiger partial charge on any atom is 0.0805 e. The van der Waals surface area contributed by atoms with E-state index in [4.69, 9.17) is 0 Å². The smallest absolute Gasteiger partial charge is 0.0805 e. The molecule has 0 aliphatic carbocycles. The van der Waals surface area contributed by atoms with Crippen LogP contribution in [-0.2, 0) is 7.05 Å². The van der Waals surface area contributed by atoms with E-state index in [9.17, 15) is 5.11 Å². The number of nitrogens with zero attached hydrogens (tertiary/aromatic N) is 2. The minimum Gasteiger partial charge on any atom is -0.388 e. The third-order valence-corrected chi connectivity index (χ3v) is 3.40. The van der Waals surface area contributed by atoms with Gasteiger partial charge in [-0.15, -0.1) is 0 Å². The van der Waals surface area contributed by atoms with Gasteiger partial charge in [-0.05, 0) is 31.0 Å². The molecule has 1 aliphatic heterocycles. The zero-order valence-electron chi connectivity index (χ0n) is 10.6. The van der Waals surface area contributed by atoms with Gasteiger partial charge in [-0.1, -0.05) is 0 Å². The summed E-state index contributed by atoms with van der Waals surface area (Å²) in [6.45, 7) is 5.58. The molecule has 1 aliphatic rings. The van der Waals surface area contributed by atoms with Gasteiger partial charge >= 0.3 is 0 Å². The molecule has 1 saturated heterocycles. The number of hydrogen-bond donors (Lipinski definition) is 2. The van der Waals surface area contributed by atoms with Crippen molar-refractivity contribution < 1.29 is 5.11 Å². The Balaban J connectivity index is 1.67. The van der Waals surface area contributed by atoms with E-state index in [-0.39, 0.29) is 6.10 Å². The second kappa shape index (κ2) is 6.19. The Labute approximate surface area is 103 Å². The molecular weight excluding hydrogens is 214 g/mol. The van der Waals surface area contributed by atoms with Crippen molar-refractivity contribution >= 4 is 0 Å². The quantitative estimate of drug-likeness (QED) is 0.794. The molecule has 0 spiro atoms. The van der Waals surface area contributed by atoms with E-state index in [1.165, 1.54) is 0 Å². The van der Waals surface area contributed by atoms with Gasteiger partial charge in [-0.2, -0.15) is 0 Å². The van der Waals surface area contributed by atoms with Gasteiger partial charge < -0.3 is 19.9 Å². The van der Waals surface area contributed by atoms with Gasteiger partial charge in [0, 0.05) is 45.6 Å². The number of aliphatic hydroxyl groups excluding tert-OH is 1. The molecule has 1 fully saturated rings. The predicted octanol–water partition coefficient (Wildman–Crippen LogP) is 0.744. The van der Waals surface area contributed by atoms with Gasteiger partial charge in [0.2, 0.25) is 0 Å². The Kier molecular flexibility index (Phi) is 4.59. The molecule has 0 bridgehead atoms. The summed E-state index contributed by atoms with van der Waals surface area (Å²) in [6, 6.07) is 2.00.